The van der Waals surface area contributed by atoms with Crippen molar-refractivity contribution in [2.24, 2.45) is 5.92 Å². The molecule has 2 aliphatic rings. The van der Waals surface area contributed by atoms with E-state index in [1.165, 1.54) is 18.5 Å². The number of nitrogens with zero attached hydrogens (tertiary/aromatic N) is 2. The lowest BCUT2D eigenvalue weighted by Gasteiger charge is -2.22. The highest BCUT2D eigenvalue weighted by atomic mass is 19.3. The summed E-state index contributed by atoms with van der Waals surface area (Å²) in [5.41, 5.74) is -0.170. The van der Waals surface area contributed by atoms with Crippen molar-refractivity contribution < 1.29 is 36.2 Å². The second-order valence-electron chi connectivity index (χ2n) is 8.16. The number of rotatable bonds is 9. The fourth-order valence-electron chi connectivity index (χ4n) is 3.88. The minimum Gasteiger partial charge on any atom is -0.363 e. The van der Waals surface area contributed by atoms with Crippen LogP contribution in [0.15, 0.2) is 24.5 Å². The summed E-state index contributed by atoms with van der Waals surface area (Å²) >= 11 is 0. The number of alkyl halides is 4. The van der Waals surface area contributed by atoms with Gasteiger partial charge in [0.15, 0.2) is 6.29 Å². The smallest absolute Gasteiger partial charge is 0.266 e. The molecule has 0 unspecified atom stereocenters. The number of anilines is 1. The summed E-state index contributed by atoms with van der Waals surface area (Å²) < 4.78 is 77.5. The van der Waals surface area contributed by atoms with Gasteiger partial charge in [-0.25, -0.2) is 31.9 Å². The van der Waals surface area contributed by atoms with Crippen molar-refractivity contribution in [3.63, 3.8) is 0 Å². The average Bonchev–Trinajstić information content (AvgIpc) is 3.34. The van der Waals surface area contributed by atoms with Crippen molar-refractivity contribution in [2.45, 2.75) is 51.0 Å². The maximum atomic E-state index is 14.6. The van der Waals surface area contributed by atoms with Gasteiger partial charge in [-0.05, 0) is 13.3 Å². The fourth-order valence-corrected chi connectivity index (χ4v) is 3.88. The third-order valence-electron chi connectivity index (χ3n) is 5.78. The first-order valence-electron chi connectivity index (χ1n) is 10.7. The quantitative estimate of drug-likeness (QED) is 0.520. The Morgan fingerprint density at radius 2 is 1.85 bits per heavy atom. The number of halogens is 5. The standard InChI is InChI=1S/C22H23F5N4O3/c1-10(11-3-2-4-12(18(11)23)19(24)25)30-21-17(22-33-5-6-34-22)15(28-9-29-21)8-16(32)31-14-7-13(14)20(26)27/h2-4,9-10,13-14,19-20,22H,5-8H2,1H3,(H,31,32)(H,28,29,30)/t10-,13-,14-/m1/s1. The summed E-state index contributed by atoms with van der Waals surface area (Å²) in [7, 11) is 0. The summed E-state index contributed by atoms with van der Waals surface area (Å²) in [4.78, 5) is 20.8. The summed E-state index contributed by atoms with van der Waals surface area (Å²) in [5.74, 6) is -2.21. The average molecular weight is 486 g/mol. The molecule has 2 fully saturated rings. The number of hydrogen-bond donors (Lipinski definition) is 2. The molecule has 2 aromatic rings. The number of nitrogens with one attached hydrogen (secondary N) is 2. The summed E-state index contributed by atoms with van der Waals surface area (Å²) in [5, 5.41) is 5.53. The molecule has 184 valence electrons. The van der Waals surface area contributed by atoms with Crippen LogP contribution in [0.5, 0.6) is 0 Å². The van der Waals surface area contributed by atoms with Crippen molar-refractivity contribution >= 4 is 11.7 Å². The number of amides is 1. The molecular weight excluding hydrogens is 463 g/mol. The summed E-state index contributed by atoms with van der Waals surface area (Å²) in [6, 6.07) is 2.36. The molecule has 12 heteroatoms. The van der Waals surface area contributed by atoms with E-state index >= 15 is 0 Å². The van der Waals surface area contributed by atoms with Gasteiger partial charge in [0.1, 0.15) is 18.0 Å². The molecule has 1 saturated carbocycles. The minimum atomic E-state index is -2.97. The van der Waals surface area contributed by atoms with Crippen molar-refractivity contribution in [1.29, 1.82) is 0 Å². The predicted molar refractivity (Wildman–Crippen MR) is 110 cm³/mol. The van der Waals surface area contributed by atoms with Gasteiger partial charge >= 0.3 is 0 Å². The zero-order valence-corrected chi connectivity index (χ0v) is 18.1. The Morgan fingerprint density at radius 3 is 2.50 bits per heavy atom. The Kier molecular flexibility index (Phi) is 7.27. The second kappa shape index (κ2) is 10.2. The van der Waals surface area contributed by atoms with Crippen LogP contribution >= 0.6 is 0 Å². The highest BCUT2D eigenvalue weighted by molar-refractivity contribution is 5.79. The van der Waals surface area contributed by atoms with Crippen LogP contribution in [0.2, 0.25) is 0 Å². The Hall–Kier alpha value is -2.86. The van der Waals surface area contributed by atoms with Crippen molar-refractivity contribution in [1.82, 2.24) is 15.3 Å². The summed E-state index contributed by atoms with van der Waals surface area (Å²) in [6.45, 7) is 2.13. The van der Waals surface area contributed by atoms with E-state index < -0.39 is 54.4 Å². The van der Waals surface area contributed by atoms with Gasteiger partial charge in [0.25, 0.3) is 6.43 Å². The van der Waals surface area contributed by atoms with E-state index in [0.29, 0.717) is 5.56 Å². The first kappa shape index (κ1) is 24.3. The Morgan fingerprint density at radius 1 is 1.15 bits per heavy atom. The van der Waals surface area contributed by atoms with Crippen LogP contribution in [0.1, 0.15) is 54.5 Å². The number of carbonyl (C=O) groups excluding carboxylic acids is 1. The lowest BCUT2D eigenvalue weighted by atomic mass is 10.0. The first-order valence-corrected chi connectivity index (χ1v) is 10.7. The van der Waals surface area contributed by atoms with Gasteiger partial charge in [-0.3, -0.25) is 4.79 Å². The van der Waals surface area contributed by atoms with E-state index in [9.17, 15) is 26.7 Å². The Labute approximate surface area is 192 Å². The third kappa shape index (κ3) is 5.27. The molecule has 3 atom stereocenters. The molecule has 1 aromatic carbocycles. The topological polar surface area (TPSA) is 85.4 Å². The fraction of sp³-hybridized carbons (Fsp3) is 0.500. The molecule has 1 aromatic heterocycles. The van der Waals surface area contributed by atoms with E-state index in [-0.39, 0.29) is 43.1 Å². The van der Waals surface area contributed by atoms with Crippen LogP contribution in [-0.4, -0.2) is 41.6 Å². The van der Waals surface area contributed by atoms with Crippen LogP contribution < -0.4 is 10.6 Å². The third-order valence-corrected chi connectivity index (χ3v) is 5.78. The maximum absolute atomic E-state index is 14.6. The Balaban J connectivity index is 1.57. The molecule has 1 aliphatic carbocycles. The normalized spacial score (nSPS) is 21.2. The molecule has 4 rings (SSSR count). The van der Waals surface area contributed by atoms with Gasteiger partial charge < -0.3 is 20.1 Å². The SMILES string of the molecule is C[C@@H](Nc1ncnc(CC(=O)N[C@@H]2C[C@H]2C(F)F)c1C1OCCO1)c1cccc(C(F)F)c1F. The predicted octanol–water partition coefficient (Wildman–Crippen LogP) is 4.08. The highest BCUT2D eigenvalue weighted by Gasteiger charge is 2.45. The second-order valence-corrected chi connectivity index (χ2v) is 8.16. The van der Waals surface area contributed by atoms with E-state index in [0.717, 1.165) is 6.07 Å². The van der Waals surface area contributed by atoms with Gasteiger partial charge in [-0.1, -0.05) is 18.2 Å². The molecule has 0 spiro atoms. The number of carbonyl (C=O) groups is 1. The van der Waals surface area contributed by atoms with Crippen LogP contribution in [0.25, 0.3) is 0 Å². The molecule has 1 amide bonds. The zero-order valence-electron chi connectivity index (χ0n) is 18.1. The highest BCUT2D eigenvalue weighted by Crippen LogP contribution is 2.37. The first-order chi connectivity index (χ1) is 16.3. The number of hydrogen-bond acceptors (Lipinski definition) is 6. The van der Waals surface area contributed by atoms with E-state index in [1.807, 2.05) is 0 Å². The monoisotopic (exact) mass is 486 g/mol. The van der Waals surface area contributed by atoms with Gasteiger partial charge in [0, 0.05) is 17.5 Å². The van der Waals surface area contributed by atoms with E-state index in [4.69, 9.17) is 9.47 Å². The maximum Gasteiger partial charge on any atom is 0.266 e. The van der Waals surface area contributed by atoms with Crippen LogP contribution in [-0.2, 0) is 20.7 Å². The molecule has 0 bridgehead atoms. The van der Waals surface area contributed by atoms with Crippen molar-refractivity contribution in [2.75, 3.05) is 18.5 Å². The van der Waals surface area contributed by atoms with Crippen LogP contribution in [0, 0.1) is 11.7 Å². The number of ether oxygens (including phenoxy) is 2. The number of aromatic nitrogens is 2. The largest absolute Gasteiger partial charge is 0.363 e. The molecule has 7 nitrogen and oxygen atoms in total. The minimum absolute atomic E-state index is 0.00156. The molecule has 34 heavy (non-hydrogen) atoms. The van der Waals surface area contributed by atoms with Crippen molar-refractivity contribution in [3.8, 4) is 0 Å². The van der Waals surface area contributed by atoms with Gasteiger partial charge in [0.05, 0.1) is 42.5 Å². The number of benzene rings is 1. The molecular formula is C22H23F5N4O3. The van der Waals surface area contributed by atoms with E-state index in [2.05, 4.69) is 20.6 Å². The molecule has 2 heterocycles. The molecule has 0 radical (unpaired) electrons. The lowest BCUT2D eigenvalue weighted by Crippen LogP contribution is -2.30. The molecule has 1 saturated heterocycles. The molecule has 1 aliphatic heterocycles. The Bertz CT molecular complexity index is 1040. The van der Waals surface area contributed by atoms with E-state index in [1.54, 1.807) is 6.92 Å². The van der Waals surface area contributed by atoms with Gasteiger partial charge in [-0.15, -0.1) is 0 Å². The van der Waals surface area contributed by atoms with Crippen LogP contribution in [0.4, 0.5) is 27.8 Å². The van der Waals surface area contributed by atoms with Gasteiger partial charge in [-0.2, -0.15) is 0 Å². The van der Waals surface area contributed by atoms with Crippen molar-refractivity contribution in [3.05, 3.63) is 52.7 Å². The summed E-state index contributed by atoms with van der Waals surface area (Å²) in [6.07, 6.45) is -5.23. The van der Waals surface area contributed by atoms with Gasteiger partial charge in [0.2, 0.25) is 12.3 Å². The van der Waals surface area contributed by atoms with Crippen LogP contribution in [0.3, 0.4) is 0 Å². The molecule has 2 N–H and O–H groups in total. The zero-order chi connectivity index (χ0) is 24.4. The lowest BCUT2D eigenvalue weighted by molar-refractivity contribution is -0.120.